The highest BCUT2D eigenvalue weighted by Gasteiger charge is 2.27. The molecule has 0 spiro atoms. The molecule has 0 aliphatic carbocycles. The van der Waals surface area contributed by atoms with Gasteiger partial charge in [-0.3, -0.25) is 9.67 Å². The molecule has 0 N–H and O–H groups in total. The standard InChI is InChI=1S/C14H16N4O2S/c1-17-10-13(8-16-17)12-4-3-7-18(11-12)21(19,20)14-5-2-6-15-9-14/h2,4-6,8-10H,3,7,11H2,1H3. The van der Waals surface area contributed by atoms with E-state index in [4.69, 9.17) is 0 Å². The van der Waals surface area contributed by atoms with Gasteiger partial charge >= 0.3 is 0 Å². The Balaban J connectivity index is 1.87. The lowest BCUT2D eigenvalue weighted by Crippen LogP contribution is -2.35. The van der Waals surface area contributed by atoms with Crippen LogP contribution < -0.4 is 0 Å². The van der Waals surface area contributed by atoms with Gasteiger partial charge < -0.3 is 0 Å². The molecular weight excluding hydrogens is 288 g/mol. The monoisotopic (exact) mass is 304 g/mol. The number of aromatic nitrogens is 3. The number of hydrogen-bond acceptors (Lipinski definition) is 4. The van der Waals surface area contributed by atoms with Gasteiger partial charge in [-0.05, 0) is 24.1 Å². The third kappa shape index (κ3) is 2.74. The molecular formula is C14H16N4O2S. The van der Waals surface area contributed by atoms with E-state index in [1.54, 1.807) is 29.2 Å². The minimum Gasteiger partial charge on any atom is -0.275 e. The highest BCUT2D eigenvalue weighted by molar-refractivity contribution is 7.89. The largest absolute Gasteiger partial charge is 0.275 e. The first-order valence-corrected chi connectivity index (χ1v) is 8.09. The van der Waals surface area contributed by atoms with Crippen LogP contribution in [0, 0.1) is 0 Å². The Morgan fingerprint density at radius 2 is 2.14 bits per heavy atom. The van der Waals surface area contributed by atoms with Crippen molar-refractivity contribution in [1.29, 1.82) is 0 Å². The minimum atomic E-state index is -3.49. The highest BCUT2D eigenvalue weighted by Crippen LogP contribution is 2.24. The number of nitrogens with zero attached hydrogens (tertiary/aromatic N) is 4. The van der Waals surface area contributed by atoms with Crippen LogP contribution in [-0.2, 0) is 17.1 Å². The molecule has 0 saturated heterocycles. The number of pyridine rings is 1. The number of sulfonamides is 1. The fourth-order valence-electron chi connectivity index (χ4n) is 2.37. The van der Waals surface area contributed by atoms with Crippen molar-refractivity contribution < 1.29 is 8.42 Å². The zero-order valence-corrected chi connectivity index (χ0v) is 12.5. The second-order valence-corrected chi connectivity index (χ2v) is 6.89. The van der Waals surface area contributed by atoms with E-state index in [2.05, 4.69) is 16.2 Å². The molecule has 0 aromatic carbocycles. The van der Waals surface area contributed by atoms with Crippen LogP contribution >= 0.6 is 0 Å². The molecule has 0 fully saturated rings. The van der Waals surface area contributed by atoms with Crippen molar-refractivity contribution in [3.05, 3.63) is 48.6 Å². The van der Waals surface area contributed by atoms with Crippen LogP contribution in [0.15, 0.2) is 47.9 Å². The average Bonchev–Trinajstić information content (AvgIpc) is 2.95. The van der Waals surface area contributed by atoms with Gasteiger partial charge in [0, 0.05) is 44.3 Å². The summed E-state index contributed by atoms with van der Waals surface area (Å²) in [6.07, 6.45) is 9.38. The van der Waals surface area contributed by atoms with E-state index < -0.39 is 10.0 Å². The van der Waals surface area contributed by atoms with Crippen molar-refractivity contribution in [2.24, 2.45) is 7.05 Å². The lowest BCUT2D eigenvalue weighted by atomic mass is 10.1. The summed E-state index contributed by atoms with van der Waals surface area (Å²) < 4.78 is 28.4. The van der Waals surface area contributed by atoms with Crippen molar-refractivity contribution in [3.63, 3.8) is 0 Å². The van der Waals surface area contributed by atoms with E-state index in [1.165, 1.54) is 10.5 Å². The first kappa shape index (κ1) is 14.0. The van der Waals surface area contributed by atoms with Gasteiger partial charge in [0.1, 0.15) is 4.90 Å². The highest BCUT2D eigenvalue weighted by atomic mass is 32.2. The molecule has 21 heavy (non-hydrogen) atoms. The molecule has 7 heteroatoms. The maximum atomic E-state index is 12.6. The molecule has 2 aromatic rings. The average molecular weight is 304 g/mol. The number of rotatable bonds is 3. The summed E-state index contributed by atoms with van der Waals surface area (Å²) in [5.74, 6) is 0. The molecule has 2 aromatic heterocycles. The maximum Gasteiger partial charge on any atom is 0.244 e. The Bertz CT molecular complexity index is 765. The molecule has 0 radical (unpaired) electrons. The predicted octanol–water partition coefficient (Wildman–Crippen LogP) is 1.29. The Kier molecular flexibility index (Phi) is 3.60. The van der Waals surface area contributed by atoms with E-state index >= 15 is 0 Å². The first-order chi connectivity index (χ1) is 10.1. The van der Waals surface area contributed by atoms with Gasteiger partial charge in [0.2, 0.25) is 10.0 Å². The zero-order chi connectivity index (χ0) is 14.9. The van der Waals surface area contributed by atoms with Crippen molar-refractivity contribution in [2.45, 2.75) is 11.3 Å². The van der Waals surface area contributed by atoms with E-state index in [9.17, 15) is 8.42 Å². The molecule has 1 aliphatic rings. The van der Waals surface area contributed by atoms with Crippen molar-refractivity contribution >= 4 is 15.6 Å². The van der Waals surface area contributed by atoms with E-state index in [1.807, 2.05) is 13.2 Å². The van der Waals surface area contributed by atoms with Gasteiger partial charge in [-0.2, -0.15) is 9.40 Å². The predicted molar refractivity (Wildman–Crippen MR) is 78.8 cm³/mol. The molecule has 1 aliphatic heterocycles. The summed E-state index contributed by atoms with van der Waals surface area (Å²) >= 11 is 0. The third-order valence-electron chi connectivity index (χ3n) is 3.46. The minimum absolute atomic E-state index is 0.234. The third-order valence-corrected chi connectivity index (χ3v) is 5.29. The van der Waals surface area contributed by atoms with Crippen LogP contribution in [0.5, 0.6) is 0 Å². The summed E-state index contributed by atoms with van der Waals surface area (Å²) in [5.41, 5.74) is 1.95. The van der Waals surface area contributed by atoms with Crippen LogP contribution in [0.3, 0.4) is 0 Å². The van der Waals surface area contributed by atoms with E-state index in [-0.39, 0.29) is 4.90 Å². The number of aryl methyl sites for hydroxylation is 1. The van der Waals surface area contributed by atoms with E-state index in [0.29, 0.717) is 19.5 Å². The molecule has 0 amide bonds. The Hall–Kier alpha value is -1.99. The molecule has 0 saturated carbocycles. The summed E-state index contributed by atoms with van der Waals surface area (Å²) in [7, 11) is -1.65. The Labute approximate surface area is 123 Å². The van der Waals surface area contributed by atoms with Gasteiger partial charge in [-0.15, -0.1) is 0 Å². The molecule has 0 atom stereocenters. The fraction of sp³-hybridized carbons (Fsp3) is 0.286. The number of hydrogen-bond donors (Lipinski definition) is 0. The summed E-state index contributed by atoms with van der Waals surface area (Å²) in [5, 5.41) is 4.14. The van der Waals surface area contributed by atoms with Crippen LogP contribution in [0.25, 0.3) is 5.57 Å². The quantitative estimate of drug-likeness (QED) is 0.857. The van der Waals surface area contributed by atoms with Gasteiger partial charge in [-0.25, -0.2) is 8.42 Å². The van der Waals surface area contributed by atoms with Gasteiger partial charge in [0.25, 0.3) is 0 Å². The summed E-state index contributed by atoms with van der Waals surface area (Å²) in [6.45, 7) is 0.851. The van der Waals surface area contributed by atoms with Crippen molar-refractivity contribution in [2.75, 3.05) is 13.1 Å². The van der Waals surface area contributed by atoms with Crippen molar-refractivity contribution in [1.82, 2.24) is 19.1 Å². The van der Waals surface area contributed by atoms with Crippen LogP contribution in [0.2, 0.25) is 0 Å². The topological polar surface area (TPSA) is 68.1 Å². The van der Waals surface area contributed by atoms with Crippen LogP contribution in [0.4, 0.5) is 0 Å². The smallest absolute Gasteiger partial charge is 0.244 e. The normalized spacial score (nSPS) is 16.7. The SMILES string of the molecule is Cn1cc(C2=CCCN(S(=O)(=O)c3cccnc3)C2)cn1. The second kappa shape index (κ2) is 5.42. The summed E-state index contributed by atoms with van der Waals surface area (Å²) in [6, 6.07) is 3.21. The second-order valence-electron chi connectivity index (χ2n) is 4.95. The maximum absolute atomic E-state index is 12.6. The van der Waals surface area contributed by atoms with Gasteiger partial charge in [0.15, 0.2) is 0 Å². The van der Waals surface area contributed by atoms with Gasteiger partial charge in [0.05, 0.1) is 6.20 Å². The molecule has 3 rings (SSSR count). The van der Waals surface area contributed by atoms with Gasteiger partial charge in [-0.1, -0.05) is 6.08 Å². The zero-order valence-electron chi connectivity index (χ0n) is 11.7. The lowest BCUT2D eigenvalue weighted by molar-refractivity contribution is 0.443. The molecule has 110 valence electrons. The van der Waals surface area contributed by atoms with Crippen molar-refractivity contribution in [3.8, 4) is 0 Å². The van der Waals surface area contributed by atoms with Crippen LogP contribution in [-0.4, -0.2) is 40.6 Å². The molecule has 6 nitrogen and oxygen atoms in total. The Morgan fingerprint density at radius 1 is 1.29 bits per heavy atom. The molecule has 3 heterocycles. The Morgan fingerprint density at radius 3 is 2.81 bits per heavy atom. The lowest BCUT2D eigenvalue weighted by Gasteiger charge is -2.26. The first-order valence-electron chi connectivity index (χ1n) is 6.65. The van der Waals surface area contributed by atoms with Crippen LogP contribution in [0.1, 0.15) is 12.0 Å². The molecule has 0 bridgehead atoms. The fourth-order valence-corrected chi connectivity index (χ4v) is 3.76. The molecule has 0 unspecified atom stereocenters. The van der Waals surface area contributed by atoms with E-state index in [0.717, 1.165) is 11.1 Å². The summed E-state index contributed by atoms with van der Waals surface area (Å²) in [4.78, 5) is 4.13.